The second-order valence-corrected chi connectivity index (χ2v) is 11.9. The molecule has 1 heterocycles. The lowest BCUT2D eigenvalue weighted by Crippen LogP contribution is -2.32. The number of nitrogens with zero attached hydrogens (tertiary/aromatic N) is 2. The van der Waals surface area contributed by atoms with Crippen molar-refractivity contribution in [3.05, 3.63) is 71.5 Å². The first kappa shape index (κ1) is 27.0. The van der Waals surface area contributed by atoms with Gasteiger partial charge in [-0.1, -0.05) is 11.6 Å². The van der Waals surface area contributed by atoms with Crippen LogP contribution in [-0.4, -0.2) is 45.9 Å². The number of carbonyl (C=O) groups is 2. The second kappa shape index (κ2) is 10.9. The van der Waals surface area contributed by atoms with Crippen LogP contribution in [0.25, 0.3) is 0 Å². The lowest BCUT2D eigenvalue weighted by molar-refractivity contribution is -0.120. The maximum absolute atomic E-state index is 13.3. The van der Waals surface area contributed by atoms with Crippen molar-refractivity contribution in [1.29, 1.82) is 0 Å². The number of aromatic nitrogens is 1. The molecule has 5 rings (SSSR count). The highest BCUT2D eigenvalue weighted by Gasteiger charge is 2.50. The number of pyridine rings is 1. The van der Waals surface area contributed by atoms with Crippen molar-refractivity contribution in [1.82, 2.24) is 9.71 Å². The number of methoxy groups -OCH3 is 2. The lowest BCUT2D eigenvalue weighted by atomic mass is 10.1. The molecule has 2 aliphatic rings. The smallest absolute Gasteiger partial charge is 0.264 e. The lowest BCUT2D eigenvalue weighted by Gasteiger charge is -2.25. The number of ketones is 1. The third kappa shape index (κ3) is 6.02. The summed E-state index contributed by atoms with van der Waals surface area (Å²) in [5.41, 5.74) is 1.83. The maximum Gasteiger partial charge on any atom is 0.264 e. The topological polar surface area (TPSA) is 115 Å². The van der Waals surface area contributed by atoms with Crippen LogP contribution in [0.15, 0.2) is 65.7 Å². The summed E-state index contributed by atoms with van der Waals surface area (Å²) in [5.74, 6) is -1.17. The average Bonchev–Trinajstić information content (AvgIpc) is 3.86. The molecule has 0 radical (unpaired) electrons. The second-order valence-electron chi connectivity index (χ2n) is 9.73. The molecule has 1 aromatic heterocycles. The van der Waals surface area contributed by atoms with Crippen molar-refractivity contribution < 1.29 is 27.5 Å². The number of Topliss-reactive ketones (excluding diaryl/α,β-unsaturated/α-hetero) is 1. The standard InChI is InChI=1S/C28H28ClN3O6S/c1-37-21-9-11-22(12-10-21)39(35,36)31-28(34)24-14-23(24)27(33)26-25(38-2)13-20(15-30-26)32(16-17-3-4-17)19-7-5-18(29)6-8-19/h5-13,15,17,23-24H,3-4,14,16H2,1-2H3,(H,31,34). The van der Waals surface area contributed by atoms with Gasteiger partial charge in [-0.3, -0.25) is 9.59 Å². The maximum atomic E-state index is 13.3. The Bertz CT molecular complexity index is 1490. The molecule has 0 bridgehead atoms. The van der Waals surface area contributed by atoms with Gasteiger partial charge >= 0.3 is 0 Å². The van der Waals surface area contributed by atoms with Crippen LogP contribution in [0.4, 0.5) is 11.4 Å². The van der Waals surface area contributed by atoms with Gasteiger partial charge in [-0.25, -0.2) is 18.1 Å². The molecule has 39 heavy (non-hydrogen) atoms. The highest BCUT2D eigenvalue weighted by atomic mass is 35.5. The highest BCUT2D eigenvalue weighted by Crippen LogP contribution is 2.43. The number of anilines is 2. The zero-order chi connectivity index (χ0) is 27.7. The molecule has 0 spiro atoms. The van der Waals surface area contributed by atoms with Gasteiger partial charge in [-0.05, 0) is 73.7 Å². The molecule has 204 valence electrons. The molecule has 2 saturated carbocycles. The third-order valence-corrected chi connectivity index (χ3v) is 8.56. The Morgan fingerprint density at radius 2 is 1.69 bits per heavy atom. The molecule has 3 aromatic rings. The SMILES string of the molecule is COc1ccc(S(=O)(=O)NC(=O)C2CC2C(=O)c2ncc(N(CC3CC3)c3ccc(Cl)cc3)cc2OC)cc1. The fourth-order valence-corrected chi connectivity index (χ4v) is 5.59. The van der Waals surface area contributed by atoms with Crippen LogP contribution in [0.3, 0.4) is 0 Å². The first-order valence-electron chi connectivity index (χ1n) is 12.5. The zero-order valence-corrected chi connectivity index (χ0v) is 23.0. The van der Waals surface area contributed by atoms with Gasteiger partial charge in [-0.15, -0.1) is 0 Å². The van der Waals surface area contributed by atoms with Gasteiger partial charge in [0, 0.05) is 35.2 Å². The van der Waals surface area contributed by atoms with E-state index < -0.39 is 27.8 Å². The number of ether oxygens (including phenoxy) is 2. The molecular formula is C28H28ClN3O6S. The van der Waals surface area contributed by atoms with Gasteiger partial charge in [0.15, 0.2) is 5.78 Å². The minimum Gasteiger partial charge on any atom is -0.497 e. The molecular weight excluding hydrogens is 542 g/mol. The van der Waals surface area contributed by atoms with Crippen LogP contribution < -0.4 is 19.1 Å². The zero-order valence-electron chi connectivity index (χ0n) is 21.5. The van der Waals surface area contributed by atoms with E-state index in [1.165, 1.54) is 38.5 Å². The van der Waals surface area contributed by atoms with Crippen molar-refractivity contribution in [2.24, 2.45) is 17.8 Å². The van der Waals surface area contributed by atoms with Crippen LogP contribution >= 0.6 is 11.6 Å². The molecule has 2 aromatic carbocycles. The van der Waals surface area contributed by atoms with Crippen LogP contribution in [0.5, 0.6) is 11.5 Å². The highest BCUT2D eigenvalue weighted by molar-refractivity contribution is 7.90. The van der Waals surface area contributed by atoms with E-state index in [4.69, 9.17) is 21.1 Å². The Kier molecular flexibility index (Phi) is 7.51. The Hall–Kier alpha value is -3.63. The van der Waals surface area contributed by atoms with Gasteiger partial charge in [0.2, 0.25) is 5.91 Å². The largest absolute Gasteiger partial charge is 0.497 e. The summed E-state index contributed by atoms with van der Waals surface area (Å²) >= 11 is 6.08. The van der Waals surface area contributed by atoms with Gasteiger partial charge in [0.05, 0.1) is 31.0 Å². The summed E-state index contributed by atoms with van der Waals surface area (Å²) in [7, 11) is -1.15. The van der Waals surface area contributed by atoms with Crippen molar-refractivity contribution in [2.75, 3.05) is 25.7 Å². The van der Waals surface area contributed by atoms with E-state index in [0.717, 1.165) is 30.8 Å². The number of benzene rings is 2. The summed E-state index contributed by atoms with van der Waals surface area (Å²) in [6.45, 7) is 0.799. The molecule has 2 atom stereocenters. The normalized spacial score (nSPS) is 18.2. The monoisotopic (exact) mass is 569 g/mol. The molecule has 9 nitrogen and oxygen atoms in total. The number of sulfonamides is 1. The number of halogens is 1. The van der Waals surface area contributed by atoms with Crippen LogP contribution in [-0.2, 0) is 14.8 Å². The Balaban J connectivity index is 1.30. The first-order chi connectivity index (χ1) is 18.7. The molecule has 0 saturated heterocycles. The van der Waals surface area contributed by atoms with E-state index in [9.17, 15) is 18.0 Å². The van der Waals surface area contributed by atoms with Gasteiger partial charge < -0.3 is 14.4 Å². The van der Waals surface area contributed by atoms with E-state index in [2.05, 4.69) is 14.6 Å². The fraction of sp³-hybridized carbons (Fsp3) is 0.321. The summed E-state index contributed by atoms with van der Waals surface area (Å²) in [5, 5.41) is 0.640. The van der Waals surface area contributed by atoms with Crippen molar-refractivity contribution in [3.63, 3.8) is 0 Å². The minimum atomic E-state index is -4.09. The van der Waals surface area contributed by atoms with Crippen molar-refractivity contribution in [3.8, 4) is 11.5 Å². The van der Waals surface area contributed by atoms with Crippen molar-refractivity contribution >= 4 is 44.7 Å². The Morgan fingerprint density at radius 1 is 1.00 bits per heavy atom. The summed E-state index contributed by atoms with van der Waals surface area (Å²) < 4.78 is 37.9. The summed E-state index contributed by atoms with van der Waals surface area (Å²) in [4.78, 5) is 32.5. The average molecular weight is 570 g/mol. The van der Waals surface area contributed by atoms with Crippen LogP contribution in [0.2, 0.25) is 5.02 Å². The van der Waals surface area contributed by atoms with Crippen LogP contribution in [0, 0.1) is 17.8 Å². The number of nitrogens with one attached hydrogen (secondary N) is 1. The molecule has 0 aliphatic heterocycles. The van der Waals surface area contributed by atoms with Gasteiger partial charge in [-0.2, -0.15) is 0 Å². The van der Waals surface area contributed by atoms with E-state index in [1.54, 1.807) is 12.3 Å². The Labute approximate surface area is 232 Å². The first-order valence-corrected chi connectivity index (χ1v) is 14.4. The number of hydrogen-bond acceptors (Lipinski definition) is 8. The summed E-state index contributed by atoms with van der Waals surface area (Å²) in [6, 6.07) is 15.0. The Morgan fingerprint density at radius 3 is 2.31 bits per heavy atom. The molecule has 11 heteroatoms. The molecule has 2 fully saturated rings. The van der Waals surface area contributed by atoms with E-state index in [-0.39, 0.29) is 22.8 Å². The molecule has 2 unspecified atom stereocenters. The van der Waals surface area contributed by atoms with Crippen molar-refractivity contribution in [2.45, 2.75) is 24.2 Å². The minimum absolute atomic E-state index is 0.0736. The summed E-state index contributed by atoms with van der Waals surface area (Å²) in [6.07, 6.45) is 4.17. The number of hydrogen-bond donors (Lipinski definition) is 1. The van der Waals surface area contributed by atoms with Crippen LogP contribution in [0.1, 0.15) is 29.8 Å². The van der Waals surface area contributed by atoms with Gasteiger partial charge in [0.1, 0.15) is 17.2 Å². The number of amides is 1. The quantitative estimate of drug-likeness (QED) is 0.333. The molecule has 1 N–H and O–H groups in total. The molecule has 1 amide bonds. The van der Waals surface area contributed by atoms with Gasteiger partial charge in [0.25, 0.3) is 10.0 Å². The number of carbonyl (C=O) groups excluding carboxylic acids is 2. The van der Waals surface area contributed by atoms with E-state index >= 15 is 0 Å². The third-order valence-electron chi connectivity index (χ3n) is 6.95. The molecule has 2 aliphatic carbocycles. The predicted octanol–water partition coefficient (Wildman–Crippen LogP) is 4.62. The number of rotatable bonds is 11. The van der Waals surface area contributed by atoms with E-state index in [1.807, 2.05) is 24.3 Å². The fourth-order valence-electron chi connectivity index (χ4n) is 4.43. The van der Waals surface area contributed by atoms with E-state index in [0.29, 0.717) is 22.4 Å². The predicted molar refractivity (Wildman–Crippen MR) is 146 cm³/mol.